The van der Waals surface area contributed by atoms with Crippen LogP contribution < -0.4 is 0 Å². The number of hydrogen-bond acceptors (Lipinski definition) is 4. The second kappa shape index (κ2) is 7.49. The molecule has 2 fully saturated rings. The molecule has 2 saturated heterocycles. The molecule has 2 heterocycles. The van der Waals surface area contributed by atoms with Crippen molar-refractivity contribution in [1.29, 1.82) is 0 Å². The fourth-order valence-electron chi connectivity index (χ4n) is 4.47. The Morgan fingerprint density at radius 2 is 1.73 bits per heavy atom. The molecule has 4 heteroatoms. The molecule has 2 aliphatic heterocycles. The van der Waals surface area contributed by atoms with Gasteiger partial charge in [0.05, 0.1) is 6.61 Å². The van der Waals surface area contributed by atoms with Gasteiger partial charge in [0.15, 0.2) is 0 Å². The van der Waals surface area contributed by atoms with E-state index in [1.54, 1.807) is 0 Å². The van der Waals surface area contributed by atoms with E-state index in [2.05, 4.69) is 47.1 Å². The fraction of sp³-hybridized carbons (Fsp3) is 0.455. The molecule has 2 aromatic carbocycles. The van der Waals surface area contributed by atoms with Gasteiger partial charge >= 0.3 is 0 Å². The van der Waals surface area contributed by atoms with E-state index in [0.29, 0.717) is 12.5 Å². The number of hydrogen-bond donors (Lipinski definition) is 1. The van der Waals surface area contributed by atoms with Crippen LogP contribution in [0.3, 0.4) is 0 Å². The number of likely N-dealkylation sites (tertiary alicyclic amines) is 2. The van der Waals surface area contributed by atoms with E-state index in [0.717, 1.165) is 38.2 Å². The van der Waals surface area contributed by atoms with E-state index in [9.17, 15) is 5.11 Å². The second-order valence-electron chi connectivity index (χ2n) is 7.73. The van der Waals surface area contributed by atoms with E-state index in [-0.39, 0.29) is 5.54 Å². The SMILES string of the molecule is C[C@H]1CN(C(O)OCc2ccccc2)[C@]12CCN(Cc1ccccc1)C2. The lowest BCUT2D eigenvalue weighted by Gasteiger charge is -2.57. The van der Waals surface area contributed by atoms with Crippen molar-refractivity contribution < 1.29 is 9.84 Å². The van der Waals surface area contributed by atoms with Gasteiger partial charge in [-0.2, -0.15) is 0 Å². The van der Waals surface area contributed by atoms with Crippen LogP contribution in [0.25, 0.3) is 0 Å². The summed E-state index contributed by atoms with van der Waals surface area (Å²) in [7, 11) is 0. The highest BCUT2D eigenvalue weighted by Crippen LogP contribution is 2.45. The lowest BCUT2D eigenvalue weighted by Crippen LogP contribution is -2.70. The molecule has 26 heavy (non-hydrogen) atoms. The average molecular weight is 352 g/mol. The van der Waals surface area contributed by atoms with E-state index in [4.69, 9.17) is 4.74 Å². The van der Waals surface area contributed by atoms with E-state index in [1.165, 1.54) is 5.56 Å². The van der Waals surface area contributed by atoms with Crippen LogP contribution in [0.15, 0.2) is 60.7 Å². The van der Waals surface area contributed by atoms with Crippen LogP contribution in [0.4, 0.5) is 0 Å². The van der Waals surface area contributed by atoms with Crippen LogP contribution in [0.5, 0.6) is 0 Å². The molecular weight excluding hydrogens is 324 g/mol. The Balaban J connectivity index is 1.36. The smallest absolute Gasteiger partial charge is 0.216 e. The number of nitrogens with zero attached hydrogens (tertiary/aromatic N) is 2. The highest BCUT2D eigenvalue weighted by Gasteiger charge is 2.56. The molecule has 1 unspecified atom stereocenters. The van der Waals surface area contributed by atoms with Gasteiger partial charge in [0.25, 0.3) is 0 Å². The van der Waals surface area contributed by atoms with Crippen LogP contribution in [0, 0.1) is 5.92 Å². The highest BCUT2D eigenvalue weighted by atomic mass is 16.6. The molecule has 0 aromatic heterocycles. The molecule has 2 aliphatic rings. The van der Waals surface area contributed by atoms with E-state index < -0.39 is 6.41 Å². The van der Waals surface area contributed by atoms with Gasteiger partial charge in [-0.05, 0) is 23.5 Å². The van der Waals surface area contributed by atoms with E-state index >= 15 is 0 Å². The van der Waals surface area contributed by atoms with Gasteiger partial charge in [0, 0.05) is 31.7 Å². The van der Waals surface area contributed by atoms with Crippen LogP contribution in [0.1, 0.15) is 24.5 Å². The molecule has 138 valence electrons. The number of benzene rings is 2. The van der Waals surface area contributed by atoms with Crippen molar-refractivity contribution in [3.8, 4) is 0 Å². The molecule has 0 aliphatic carbocycles. The third-order valence-electron chi connectivity index (χ3n) is 6.08. The average Bonchev–Trinajstić information content (AvgIpc) is 3.13. The molecule has 0 radical (unpaired) electrons. The minimum absolute atomic E-state index is 0.0465. The molecule has 3 atom stereocenters. The molecular formula is C22H28N2O2. The van der Waals surface area contributed by atoms with Gasteiger partial charge < -0.3 is 9.84 Å². The summed E-state index contributed by atoms with van der Waals surface area (Å²) in [5, 5.41) is 10.6. The minimum atomic E-state index is -0.830. The van der Waals surface area contributed by atoms with Crippen molar-refractivity contribution in [2.75, 3.05) is 19.6 Å². The topological polar surface area (TPSA) is 35.9 Å². The molecule has 0 saturated carbocycles. The largest absolute Gasteiger partial charge is 0.356 e. The Kier molecular flexibility index (Phi) is 5.09. The summed E-state index contributed by atoms with van der Waals surface area (Å²) in [6.45, 7) is 6.68. The monoisotopic (exact) mass is 352 g/mol. The minimum Gasteiger partial charge on any atom is -0.356 e. The van der Waals surface area contributed by atoms with Gasteiger partial charge in [-0.1, -0.05) is 67.6 Å². The lowest BCUT2D eigenvalue weighted by molar-refractivity contribution is -0.275. The molecule has 1 spiro atoms. The van der Waals surface area contributed by atoms with Crippen molar-refractivity contribution >= 4 is 0 Å². The number of aliphatic hydroxyl groups is 1. The number of ether oxygens (including phenoxy) is 1. The van der Waals surface area contributed by atoms with Gasteiger partial charge in [-0.15, -0.1) is 0 Å². The first-order valence-electron chi connectivity index (χ1n) is 9.54. The molecule has 1 N–H and O–H groups in total. The van der Waals surface area contributed by atoms with Crippen molar-refractivity contribution in [3.63, 3.8) is 0 Å². The summed E-state index contributed by atoms with van der Waals surface area (Å²) in [6.07, 6.45) is 0.260. The van der Waals surface area contributed by atoms with Crippen LogP contribution in [-0.2, 0) is 17.9 Å². The zero-order valence-electron chi connectivity index (χ0n) is 15.4. The highest BCUT2D eigenvalue weighted by molar-refractivity contribution is 5.17. The lowest BCUT2D eigenvalue weighted by atomic mass is 9.74. The first-order chi connectivity index (χ1) is 12.7. The number of rotatable bonds is 6. The fourth-order valence-corrected chi connectivity index (χ4v) is 4.47. The third-order valence-corrected chi connectivity index (χ3v) is 6.08. The third kappa shape index (κ3) is 3.42. The van der Waals surface area contributed by atoms with Crippen molar-refractivity contribution in [2.24, 2.45) is 5.92 Å². The van der Waals surface area contributed by atoms with Crippen molar-refractivity contribution in [1.82, 2.24) is 9.80 Å². The quantitative estimate of drug-likeness (QED) is 0.811. The Morgan fingerprint density at radius 1 is 1.08 bits per heavy atom. The van der Waals surface area contributed by atoms with Crippen LogP contribution in [0.2, 0.25) is 0 Å². The zero-order valence-corrected chi connectivity index (χ0v) is 15.4. The maximum absolute atomic E-state index is 10.6. The maximum Gasteiger partial charge on any atom is 0.216 e. The Morgan fingerprint density at radius 3 is 2.38 bits per heavy atom. The standard InChI is InChI=1S/C22H28N2O2/c1-18-14-24(21(25)26-16-20-10-6-3-7-11-20)22(18)12-13-23(17-22)15-19-8-4-2-5-9-19/h2-11,18,21,25H,12-17H2,1H3/t18-,21?,22-/m0/s1. The summed E-state index contributed by atoms with van der Waals surface area (Å²) >= 11 is 0. The maximum atomic E-state index is 10.6. The summed E-state index contributed by atoms with van der Waals surface area (Å²) < 4.78 is 5.78. The zero-order chi connectivity index (χ0) is 18.0. The predicted molar refractivity (Wildman–Crippen MR) is 102 cm³/mol. The first-order valence-corrected chi connectivity index (χ1v) is 9.54. The molecule has 2 aromatic rings. The summed E-state index contributed by atoms with van der Waals surface area (Å²) in [4.78, 5) is 4.66. The molecule has 0 bridgehead atoms. The Labute approximate surface area is 156 Å². The van der Waals surface area contributed by atoms with Crippen molar-refractivity contribution in [2.45, 2.75) is 38.4 Å². The van der Waals surface area contributed by atoms with Crippen LogP contribution in [-0.4, -0.2) is 46.5 Å². The summed E-state index contributed by atoms with van der Waals surface area (Å²) in [6, 6.07) is 20.7. The number of aliphatic hydroxyl groups excluding tert-OH is 1. The Hall–Kier alpha value is -1.72. The first kappa shape index (κ1) is 17.7. The van der Waals surface area contributed by atoms with Gasteiger partial charge in [0.1, 0.15) is 0 Å². The Bertz CT molecular complexity index is 709. The molecule has 4 nitrogen and oxygen atoms in total. The molecule has 4 rings (SSSR count). The van der Waals surface area contributed by atoms with Crippen molar-refractivity contribution in [3.05, 3.63) is 71.8 Å². The van der Waals surface area contributed by atoms with Crippen LogP contribution >= 0.6 is 0 Å². The molecule has 0 amide bonds. The predicted octanol–water partition coefficient (Wildman–Crippen LogP) is 3.08. The van der Waals surface area contributed by atoms with Gasteiger partial charge in [-0.25, -0.2) is 4.90 Å². The summed E-state index contributed by atoms with van der Waals surface area (Å²) in [5.41, 5.74) is 2.49. The normalized spacial score (nSPS) is 27.5. The van der Waals surface area contributed by atoms with Gasteiger partial charge in [0.2, 0.25) is 6.41 Å². The summed E-state index contributed by atoms with van der Waals surface area (Å²) in [5.74, 6) is 0.582. The van der Waals surface area contributed by atoms with E-state index in [1.807, 2.05) is 30.3 Å². The second-order valence-corrected chi connectivity index (χ2v) is 7.73. The van der Waals surface area contributed by atoms with Gasteiger partial charge in [-0.3, -0.25) is 4.90 Å².